The van der Waals surface area contributed by atoms with Gasteiger partial charge in [-0.1, -0.05) is 36.4 Å². The van der Waals surface area contributed by atoms with E-state index < -0.39 is 0 Å². The van der Waals surface area contributed by atoms with E-state index in [0.717, 1.165) is 17.3 Å². The van der Waals surface area contributed by atoms with E-state index in [1.54, 1.807) is 6.92 Å². The number of ketones is 1. The van der Waals surface area contributed by atoms with Crippen molar-refractivity contribution in [2.45, 2.75) is 33.6 Å². The van der Waals surface area contributed by atoms with Gasteiger partial charge in [-0.3, -0.25) is 0 Å². The van der Waals surface area contributed by atoms with Gasteiger partial charge in [-0.15, -0.1) is 0 Å². The summed E-state index contributed by atoms with van der Waals surface area (Å²) in [5, 5.41) is 0. The molecule has 0 rings (SSSR count). The number of carbonyl (C=O) groups excluding carboxylic acids is 1. The molecule has 0 atom stereocenters. The maximum absolute atomic E-state index is 10.7. The van der Waals surface area contributed by atoms with Crippen molar-refractivity contribution in [3.63, 3.8) is 0 Å². The van der Waals surface area contributed by atoms with Gasteiger partial charge >= 0.3 is 0 Å². The largest absolute Gasteiger partial charge is 0.300 e. The van der Waals surface area contributed by atoms with Gasteiger partial charge in [-0.25, -0.2) is 0 Å². The first-order chi connectivity index (χ1) is 4.48. The average molecular weight is 254 g/mol. The van der Waals surface area contributed by atoms with Crippen LogP contribution in [-0.4, -0.2) is 10.2 Å². The molecule has 0 bridgehead atoms. The van der Waals surface area contributed by atoms with Crippen LogP contribution < -0.4 is 0 Å². The number of hydrogen-bond donors (Lipinski definition) is 0. The lowest BCUT2D eigenvalue weighted by molar-refractivity contribution is -0.118. The normalized spacial score (nSPS) is 11.6. The van der Waals surface area contributed by atoms with Gasteiger partial charge in [0.15, 0.2) is 0 Å². The zero-order chi connectivity index (χ0) is 8.20. The lowest BCUT2D eigenvalue weighted by Gasteiger charge is -2.21. The Balaban J connectivity index is 3.74. The SMILES string of the molecule is CC(=O)CC(C)(C)CCI. The molecule has 0 heterocycles. The molecule has 0 fully saturated rings. The number of carbonyl (C=O) groups is 1. The minimum absolute atomic E-state index is 0.215. The van der Waals surface area contributed by atoms with E-state index in [2.05, 4.69) is 36.4 Å². The number of Topliss-reactive ketones (excluding diaryl/α,β-unsaturated/α-hetero) is 1. The predicted molar refractivity (Wildman–Crippen MR) is 52.6 cm³/mol. The van der Waals surface area contributed by atoms with E-state index in [0.29, 0.717) is 5.78 Å². The zero-order valence-electron chi connectivity index (χ0n) is 6.91. The molecule has 0 saturated heterocycles. The molecule has 0 saturated carbocycles. The quantitative estimate of drug-likeness (QED) is 0.557. The van der Waals surface area contributed by atoms with Crippen molar-refractivity contribution in [1.82, 2.24) is 0 Å². The Morgan fingerprint density at radius 1 is 1.50 bits per heavy atom. The van der Waals surface area contributed by atoms with E-state index in [4.69, 9.17) is 0 Å². The molecular formula is C8H15IO. The van der Waals surface area contributed by atoms with Gasteiger partial charge in [0.25, 0.3) is 0 Å². The fourth-order valence-electron chi connectivity index (χ4n) is 1.02. The Bertz CT molecular complexity index is 118. The van der Waals surface area contributed by atoms with Crippen LogP contribution in [0.15, 0.2) is 0 Å². The second-order valence-electron chi connectivity index (χ2n) is 3.48. The number of alkyl halides is 1. The summed E-state index contributed by atoms with van der Waals surface area (Å²) in [5.74, 6) is 0.301. The van der Waals surface area contributed by atoms with E-state index in [9.17, 15) is 4.79 Å². The molecule has 0 amide bonds. The van der Waals surface area contributed by atoms with Gasteiger partial charge in [0.05, 0.1) is 0 Å². The maximum atomic E-state index is 10.7. The molecular weight excluding hydrogens is 239 g/mol. The average Bonchev–Trinajstić information content (AvgIpc) is 1.59. The Morgan fingerprint density at radius 3 is 2.30 bits per heavy atom. The summed E-state index contributed by atoms with van der Waals surface area (Å²) < 4.78 is 1.14. The van der Waals surface area contributed by atoms with E-state index in [1.807, 2.05) is 0 Å². The van der Waals surface area contributed by atoms with Crippen molar-refractivity contribution in [3.05, 3.63) is 0 Å². The minimum atomic E-state index is 0.215. The van der Waals surface area contributed by atoms with Crippen LogP contribution in [-0.2, 0) is 4.79 Å². The van der Waals surface area contributed by atoms with Crippen molar-refractivity contribution < 1.29 is 4.79 Å². The highest BCUT2D eigenvalue weighted by atomic mass is 127. The van der Waals surface area contributed by atoms with Gasteiger partial charge in [0.1, 0.15) is 5.78 Å². The topological polar surface area (TPSA) is 17.1 Å². The van der Waals surface area contributed by atoms with Crippen LogP contribution in [0.4, 0.5) is 0 Å². The molecule has 0 aromatic heterocycles. The molecule has 0 N–H and O–H groups in total. The monoisotopic (exact) mass is 254 g/mol. The summed E-state index contributed by atoms with van der Waals surface area (Å²) in [7, 11) is 0. The first kappa shape index (κ1) is 10.4. The molecule has 0 aromatic rings. The molecule has 0 aromatic carbocycles. The van der Waals surface area contributed by atoms with Crippen LogP contribution in [0.1, 0.15) is 33.6 Å². The van der Waals surface area contributed by atoms with Crippen molar-refractivity contribution in [1.29, 1.82) is 0 Å². The first-order valence-corrected chi connectivity index (χ1v) is 5.06. The predicted octanol–water partition coefficient (Wildman–Crippen LogP) is 2.82. The van der Waals surface area contributed by atoms with Crippen LogP contribution in [0.3, 0.4) is 0 Å². The van der Waals surface area contributed by atoms with Gasteiger partial charge < -0.3 is 4.79 Å². The Labute approximate surface area is 76.7 Å². The number of rotatable bonds is 4. The molecule has 0 aliphatic carbocycles. The molecule has 1 nitrogen and oxygen atoms in total. The Kier molecular flexibility index (Phi) is 4.49. The van der Waals surface area contributed by atoms with E-state index in [1.165, 1.54) is 0 Å². The number of hydrogen-bond acceptors (Lipinski definition) is 1. The third kappa shape index (κ3) is 5.21. The smallest absolute Gasteiger partial charge is 0.130 e. The van der Waals surface area contributed by atoms with Crippen molar-refractivity contribution in [2.24, 2.45) is 5.41 Å². The Morgan fingerprint density at radius 2 is 2.00 bits per heavy atom. The minimum Gasteiger partial charge on any atom is -0.300 e. The molecule has 0 aliphatic heterocycles. The van der Waals surface area contributed by atoms with Gasteiger partial charge in [0, 0.05) is 10.8 Å². The van der Waals surface area contributed by atoms with Gasteiger partial charge in [0.2, 0.25) is 0 Å². The van der Waals surface area contributed by atoms with Crippen LogP contribution in [0.25, 0.3) is 0 Å². The highest BCUT2D eigenvalue weighted by Gasteiger charge is 2.18. The number of halogens is 1. The Hall–Kier alpha value is 0.400. The zero-order valence-corrected chi connectivity index (χ0v) is 9.07. The van der Waals surface area contributed by atoms with Gasteiger partial charge in [-0.2, -0.15) is 0 Å². The van der Waals surface area contributed by atoms with Crippen molar-refractivity contribution in [3.8, 4) is 0 Å². The summed E-state index contributed by atoms with van der Waals surface area (Å²) in [6, 6.07) is 0. The molecule has 0 spiro atoms. The summed E-state index contributed by atoms with van der Waals surface area (Å²) in [5.41, 5.74) is 0.215. The second-order valence-corrected chi connectivity index (χ2v) is 4.56. The third-order valence-corrected chi connectivity index (χ3v) is 2.04. The highest BCUT2D eigenvalue weighted by Crippen LogP contribution is 2.25. The van der Waals surface area contributed by atoms with Crippen LogP contribution in [0.5, 0.6) is 0 Å². The molecule has 60 valence electrons. The molecule has 0 unspecified atom stereocenters. The molecule has 0 aliphatic rings. The summed E-state index contributed by atoms with van der Waals surface area (Å²) in [6.45, 7) is 5.95. The lowest BCUT2D eigenvalue weighted by atomic mass is 9.85. The summed E-state index contributed by atoms with van der Waals surface area (Å²) >= 11 is 2.35. The first-order valence-electron chi connectivity index (χ1n) is 3.53. The summed E-state index contributed by atoms with van der Waals surface area (Å²) in [4.78, 5) is 10.7. The molecule has 10 heavy (non-hydrogen) atoms. The standard InChI is InChI=1S/C8H15IO/c1-7(10)6-8(2,3)4-5-9/h4-6H2,1-3H3. The van der Waals surface area contributed by atoms with Crippen LogP contribution in [0.2, 0.25) is 0 Å². The maximum Gasteiger partial charge on any atom is 0.130 e. The van der Waals surface area contributed by atoms with Gasteiger partial charge in [-0.05, 0) is 18.8 Å². The van der Waals surface area contributed by atoms with Crippen molar-refractivity contribution >= 4 is 28.4 Å². The van der Waals surface area contributed by atoms with E-state index >= 15 is 0 Å². The van der Waals surface area contributed by atoms with E-state index in [-0.39, 0.29) is 5.41 Å². The third-order valence-electron chi connectivity index (χ3n) is 1.50. The highest BCUT2D eigenvalue weighted by molar-refractivity contribution is 14.1. The van der Waals surface area contributed by atoms with Crippen LogP contribution in [0, 0.1) is 5.41 Å². The second kappa shape index (κ2) is 4.31. The van der Waals surface area contributed by atoms with Crippen molar-refractivity contribution in [2.75, 3.05) is 4.43 Å². The lowest BCUT2D eigenvalue weighted by Crippen LogP contribution is -2.15. The molecule has 0 radical (unpaired) electrons. The molecule has 2 heteroatoms. The fraction of sp³-hybridized carbons (Fsp3) is 0.875. The fourth-order valence-corrected chi connectivity index (χ4v) is 2.48. The summed E-state index contributed by atoms with van der Waals surface area (Å²) in [6.07, 6.45) is 1.85. The van der Waals surface area contributed by atoms with Crippen LogP contribution >= 0.6 is 22.6 Å².